The molecule has 0 spiro atoms. The SMILES string of the molecule is CCc1nn(C)c(CCC(Br)COC)c1Cl. The molecule has 1 unspecified atom stereocenters. The molecule has 0 saturated heterocycles. The van der Waals surface area contributed by atoms with Crippen LogP contribution in [0.25, 0.3) is 0 Å². The topological polar surface area (TPSA) is 27.1 Å². The van der Waals surface area contributed by atoms with E-state index in [1.807, 2.05) is 11.7 Å². The number of rotatable bonds is 6. The van der Waals surface area contributed by atoms with Crippen LogP contribution in [0.4, 0.5) is 0 Å². The van der Waals surface area contributed by atoms with Gasteiger partial charge in [-0.25, -0.2) is 0 Å². The third-order valence-corrected chi connectivity index (χ3v) is 3.70. The van der Waals surface area contributed by atoms with Gasteiger partial charge in [0.05, 0.1) is 23.0 Å². The van der Waals surface area contributed by atoms with Gasteiger partial charge in [0.2, 0.25) is 0 Å². The lowest BCUT2D eigenvalue weighted by atomic mass is 10.2. The van der Waals surface area contributed by atoms with Gasteiger partial charge in [-0.1, -0.05) is 34.5 Å². The number of methoxy groups -OCH3 is 1. The smallest absolute Gasteiger partial charge is 0.0849 e. The van der Waals surface area contributed by atoms with Crippen LogP contribution in [0.3, 0.4) is 0 Å². The molecular formula is C11H18BrClN2O. The Bertz CT molecular complexity index is 341. The van der Waals surface area contributed by atoms with Crippen LogP contribution >= 0.6 is 27.5 Å². The second-order valence-electron chi connectivity index (χ2n) is 3.78. The summed E-state index contributed by atoms with van der Waals surface area (Å²) in [6, 6.07) is 0. The van der Waals surface area contributed by atoms with E-state index >= 15 is 0 Å². The Labute approximate surface area is 110 Å². The Morgan fingerprint density at radius 2 is 2.25 bits per heavy atom. The molecule has 1 rings (SSSR count). The van der Waals surface area contributed by atoms with Crippen molar-refractivity contribution in [3.63, 3.8) is 0 Å². The van der Waals surface area contributed by atoms with E-state index in [1.165, 1.54) is 0 Å². The first-order chi connectivity index (χ1) is 7.60. The predicted molar refractivity (Wildman–Crippen MR) is 70.5 cm³/mol. The molecule has 1 aromatic rings. The first-order valence-corrected chi connectivity index (χ1v) is 6.72. The molecule has 1 atom stereocenters. The number of aromatic nitrogens is 2. The average molecular weight is 310 g/mol. The lowest BCUT2D eigenvalue weighted by Crippen LogP contribution is -2.09. The van der Waals surface area contributed by atoms with Crippen molar-refractivity contribution in [2.75, 3.05) is 13.7 Å². The second-order valence-corrected chi connectivity index (χ2v) is 5.45. The third-order valence-electron chi connectivity index (χ3n) is 2.54. The number of aryl methyl sites for hydroxylation is 2. The maximum absolute atomic E-state index is 6.26. The average Bonchev–Trinajstić information content (AvgIpc) is 2.52. The molecule has 0 bridgehead atoms. The van der Waals surface area contributed by atoms with Gasteiger partial charge in [-0.3, -0.25) is 4.68 Å². The minimum atomic E-state index is 0.369. The zero-order valence-electron chi connectivity index (χ0n) is 9.96. The molecule has 1 heterocycles. The normalized spacial score (nSPS) is 13.1. The van der Waals surface area contributed by atoms with Gasteiger partial charge in [0.15, 0.2) is 0 Å². The van der Waals surface area contributed by atoms with Crippen molar-refractivity contribution < 1.29 is 4.74 Å². The minimum Gasteiger partial charge on any atom is -0.384 e. The van der Waals surface area contributed by atoms with Crippen molar-refractivity contribution in [2.24, 2.45) is 7.05 Å². The quantitative estimate of drug-likeness (QED) is 0.755. The fourth-order valence-corrected chi connectivity index (χ4v) is 2.53. The van der Waals surface area contributed by atoms with Gasteiger partial charge in [-0.2, -0.15) is 5.10 Å². The summed E-state index contributed by atoms with van der Waals surface area (Å²) in [7, 11) is 3.65. The Kier molecular flexibility index (Phi) is 5.79. The molecule has 0 aliphatic heterocycles. The molecular weight excluding hydrogens is 291 g/mol. The van der Waals surface area contributed by atoms with Crippen molar-refractivity contribution in [2.45, 2.75) is 31.0 Å². The van der Waals surface area contributed by atoms with E-state index in [1.54, 1.807) is 7.11 Å². The van der Waals surface area contributed by atoms with Gasteiger partial charge in [-0.05, 0) is 19.3 Å². The molecule has 92 valence electrons. The van der Waals surface area contributed by atoms with Crippen LogP contribution in [0.1, 0.15) is 24.7 Å². The number of nitrogens with zero attached hydrogens (tertiary/aromatic N) is 2. The van der Waals surface area contributed by atoms with Gasteiger partial charge in [0, 0.05) is 19.0 Å². The lowest BCUT2D eigenvalue weighted by molar-refractivity contribution is 0.198. The van der Waals surface area contributed by atoms with E-state index < -0.39 is 0 Å². The van der Waals surface area contributed by atoms with E-state index in [2.05, 4.69) is 28.0 Å². The summed E-state index contributed by atoms with van der Waals surface area (Å²) in [4.78, 5) is 0.369. The van der Waals surface area contributed by atoms with E-state index in [9.17, 15) is 0 Å². The number of hydrogen-bond donors (Lipinski definition) is 0. The van der Waals surface area contributed by atoms with Crippen molar-refractivity contribution >= 4 is 27.5 Å². The third kappa shape index (κ3) is 3.47. The highest BCUT2D eigenvalue weighted by Crippen LogP contribution is 2.23. The van der Waals surface area contributed by atoms with Crippen LogP contribution in [0.15, 0.2) is 0 Å². The van der Waals surface area contributed by atoms with Crippen LogP contribution < -0.4 is 0 Å². The highest BCUT2D eigenvalue weighted by molar-refractivity contribution is 9.09. The summed E-state index contributed by atoms with van der Waals surface area (Å²) in [5.41, 5.74) is 2.09. The first-order valence-electron chi connectivity index (χ1n) is 5.43. The molecule has 0 aliphatic rings. The Hall–Kier alpha value is -0.0600. The monoisotopic (exact) mass is 308 g/mol. The molecule has 16 heavy (non-hydrogen) atoms. The molecule has 1 aromatic heterocycles. The van der Waals surface area contributed by atoms with Crippen molar-refractivity contribution in [3.05, 3.63) is 16.4 Å². The Morgan fingerprint density at radius 3 is 2.75 bits per heavy atom. The number of ether oxygens (including phenoxy) is 1. The highest BCUT2D eigenvalue weighted by Gasteiger charge is 2.14. The van der Waals surface area contributed by atoms with Gasteiger partial charge in [-0.15, -0.1) is 0 Å². The van der Waals surface area contributed by atoms with Crippen LogP contribution in [-0.4, -0.2) is 28.3 Å². The molecule has 0 fully saturated rings. The van der Waals surface area contributed by atoms with Gasteiger partial charge in [0.25, 0.3) is 0 Å². The van der Waals surface area contributed by atoms with E-state index in [0.717, 1.165) is 42.3 Å². The van der Waals surface area contributed by atoms with Crippen LogP contribution in [0.2, 0.25) is 5.02 Å². The Morgan fingerprint density at radius 1 is 1.56 bits per heavy atom. The number of hydrogen-bond acceptors (Lipinski definition) is 2. The zero-order valence-corrected chi connectivity index (χ0v) is 12.3. The zero-order chi connectivity index (χ0) is 12.1. The van der Waals surface area contributed by atoms with Crippen LogP contribution in [-0.2, 0) is 24.6 Å². The largest absolute Gasteiger partial charge is 0.384 e. The lowest BCUT2D eigenvalue weighted by Gasteiger charge is -2.08. The van der Waals surface area contributed by atoms with Crippen molar-refractivity contribution in [1.29, 1.82) is 0 Å². The molecule has 0 saturated carbocycles. The number of alkyl halides is 1. The molecule has 0 aliphatic carbocycles. The van der Waals surface area contributed by atoms with Crippen molar-refractivity contribution in [1.82, 2.24) is 9.78 Å². The van der Waals surface area contributed by atoms with E-state index in [-0.39, 0.29) is 0 Å². The van der Waals surface area contributed by atoms with Gasteiger partial charge in [0.1, 0.15) is 0 Å². The van der Waals surface area contributed by atoms with Crippen molar-refractivity contribution in [3.8, 4) is 0 Å². The summed E-state index contributed by atoms with van der Waals surface area (Å²) >= 11 is 9.83. The molecule has 3 nitrogen and oxygen atoms in total. The van der Waals surface area contributed by atoms with Gasteiger partial charge < -0.3 is 4.74 Å². The molecule has 5 heteroatoms. The maximum Gasteiger partial charge on any atom is 0.0849 e. The standard InChI is InChI=1S/C11H18BrClN2O/c1-4-9-11(13)10(15(2)14-9)6-5-8(12)7-16-3/h8H,4-7H2,1-3H3. The summed E-state index contributed by atoms with van der Waals surface area (Å²) in [6.45, 7) is 2.78. The van der Waals surface area contributed by atoms with E-state index in [0.29, 0.717) is 4.83 Å². The Balaban J connectivity index is 2.63. The van der Waals surface area contributed by atoms with Gasteiger partial charge >= 0.3 is 0 Å². The highest BCUT2D eigenvalue weighted by atomic mass is 79.9. The summed E-state index contributed by atoms with van der Waals surface area (Å²) < 4.78 is 6.96. The maximum atomic E-state index is 6.26. The first kappa shape index (κ1) is 14.0. The number of halogens is 2. The molecule has 0 amide bonds. The summed E-state index contributed by atoms with van der Waals surface area (Å²) in [6.07, 6.45) is 2.79. The summed E-state index contributed by atoms with van der Waals surface area (Å²) in [5, 5.41) is 5.21. The molecule has 0 aromatic carbocycles. The van der Waals surface area contributed by atoms with E-state index in [4.69, 9.17) is 16.3 Å². The fourth-order valence-electron chi connectivity index (χ4n) is 1.65. The molecule has 0 N–H and O–H groups in total. The summed E-state index contributed by atoms with van der Waals surface area (Å²) in [5.74, 6) is 0. The second kappa shape index (κ2) is 6.62. The van der Waals surface area contributed by atoms with Crippen LogP contribution in [0.5, 0.6) is 0 Å². The predicted octanol–water partition coefficient (Wildman–Crippen LogP) is 2.98. The molecule has 0 radical (unpaired) electrons. The fraction of sp³-hybridized carbons (Fsp3) is 0.727. The van der Waals surface area contributed by atoms with Crippen LogP contribution in [0, 0.1) is 0 Å². The minimum absolute atomic E-state index is 0.369.